The molecule has 1 atom stereocenters. The van der Waals surface area contributed by atoms with Crippen LogP contribution in [0.1, 0.15) is 21.0 Å². The molecule has 8 nitrogen and oxygen atoms in total. The van der Waals surface area contributed by atoms with Gasteiger partial charge in [0.05, 0.1) is 11.4 Å². The summed E-state index contributed by atoms with van der Waals surface area (Å²) in [6.07, 6.45) is -5.72. The summed E-state index contributed by atoms with van der Waals surface area (Å²) in [6, 6.07) is 16.4. The molecule has 1 aliphatic heterocycles. The molecule has 34 heavy (non-hydrogen) atoms. The van der Waals surface area contributed by atoms with Crippen LogP contribution in [-0.4, -0.2) is 33.0 Å². The fourth-order valence-electron chi connectivity index (χ4n) is 3.39. The van der Waals surface area contributed by atoms with Gasteiger partial charge in [-0.05, 0) is 13.0 Å². The minimum absolute atomic E-state index is 0.0657. The van der Waals surface area contributed by atoms with E-state index in [2.05, 4.69) is 30.8 Å². The maximum absolute atomic E-state index is 13.0. The summed E-state index contributed by atoms with van der Waals surface area (Å²) in [6.45, 7) is 1.48. The van der Waals surface area contributed by atoms with Crippen molar-refractivity contribution in [2.24, 2.45) is 4.99 Å². The van der Waals surface area contributed by atoms with E-state index in [1.54, 1.807) is 12.1 Å². The third-order valence-corrected chi connectivity index (χ3v) is 5.94. The topological polar surface area (TPSA) is 105 Å². The zero-order valence-electron chi connectivity index (χ0n) is 17.4. The van der Waals surface area contributed by atoms with Gasteiger partial charge in [-0.3, -0.25) is 4.79 Å². The lowest BCUT2D eigenvalue weighted by atomic mass is 10.0. The minimum Gasteiger partial charge on any atom is -0.402 e. The summed E-state index contributed by atoms with van der Waals surface area (Å²) in [5.41, 5.74) is 2.61. The highest BCUT2D eigenvalue weighted by atomic mass is 32.1. The maximum Gasteiger partial charge on any atom is 0.443 e. The fourth-order valence-corrected chi connectivity index (χ4v) is 4.16. The number of nitrogens with one attached hydrogen (secondary N) is 2. The summed E-state index contributed by atoms with van der Waals surface area (Å²) in [4.78, 5) is 21.4. The standard InChI is InChI=1S/C22H15F3N6O2S/c1-11-15(28-20(34-11)22(23,24)25)19-30-31-21(33-19)29-17-18(32)26-14-10-6-5-9-13(14)16(27-17)12-7-3-2-4-8-12/h2-10,17H,1H3,(H,26,32)(H,29,31)/t17-/m1/s1. The number of aryl methyl sites for hydroxylation is 1. The van der Waals surface area contributed by atoms with Crippen LogP contribution in [0.3, 0.4) is 0 Å². The number of hydrogen-bond acceptors (Lipinski definition) is 8. The van der Waals surface area contributed by atoms with Crippen molar-refractivity contribution in [2.45, 2.75) is 19.3 Å². The van der Waals surface area contributed by atoms with Crippen molar-refractivity contribution >= 4 is 34.7 Å². The zero-order chi connectivity index (χ0) is 23.9. The Bertz CT molecular complexity index is 1400. The number of halogens is 3. The normalized spacial score (nSPS) is 15.8. The zero-order valence-corrected chi connectivity index (χ0v) is 18.2. The number of anilines is 2. The first-order valence-corrected chi connectivity index (χ1v) is 10.8. The molecule has 0 unspecified atom stereocenters. The Balaban J connectivity index is 1.48. The molecule has 0 spiro atoms. The van der Waals surface area contributed by atoms with Gasteiger partial charge in [-0.2, -0.15) is 13.2 Å². The van der Waals surface area contributed by atoms with E-state index in [1.165, 1.54) is 6.92 Å². The fraction of sp³-hybridized carbons (Fsp3) is 0.136. The summed E-state index contributed by atoms with van der Waals surface area (Å²) >= 11 is 0.485. The maximum atomic E-state index is 13.0. The van der Waals surface area contributed by atoms with E-state index < -0.39 is 23.3 Å². The number of rotatable bonds is 4. The van der Waals surface area contributed by atoms with Crippen LogP contribution in [0, 0.1) is 6.92 Å². The number of carbonyl (C=O) groups is 1. The van der Waals surface area contributed by atoms with Crippen LogP contribution >= 0.6 is 11.3 Å². The molecule has 2 aromatic carbocycles. The molecule has 172 valence electrons. The highest BCUT2D eigenvalue weighted by Crippen LogP contribution is 2.37. The first-order chi connectivity index (χ1) is 16.3. The van der Waals surface area contributed by atoms with Crippen LogP contribution in [0.15, 0.2) is 64.0 Å². The van der Waals surface area contributed by atoms with Crippen molar-refractivity contribution in [2.75, 3.05) is 10.6 Å². The molecule has 0 fully saturated rings. The van der Waals surface area contributed by atoms with Crippen molar-refractivity contribution in [3.05, 3.63) is 75.6 Å². The average molecular weight is 484 g/mol. The first kappa shape index (κ1) is 21.8. The van der Waals surface area contributed by atoms with Crippen LogP contribution in [-0.2, 0) is 11.0 Å². The predicted molar refractivity (Wildman–Crippen MR) is 120 cm³/mol. The molecule has 1 aliphatic rings. The number of benzene rings is 2. The van der Waals surface area contributed by atoms with Crippen LogP contribution in [0.2, 0.25) is 0 Å². The van der Waals surface area contributed by atoms with E-state index in [1.807, 2.05) is 42.5 Å². The average Bonchev–Trinajstić information content (AvgIpc) is 3.40. The van der Waals surface area contributed by atoms with Crippen molar-refractivity contribution in [1.29, 1.82) is 0 Å². The molecule has 0 radical (unpaired) electrons. The number of nitrogens with zero attached hydrogens (tertiary/aromatic N) is 4. The van der Waals surface area contributed by atoms with Crippen LogP contribution < -0.4 is 10.6 Å². The summed E-state index contributed by atoms with van der Waals surface area (Å²) in [5.74, 6) is -0.668. The van der Waals surface area contributed by atoms with E-state index in [4.69, 9.17) is 4.42 Å². The number of carbonyl (C=O) groups excluding carboxylic acids is 1. The van der Waals surface area contributed by atoms with Gasteiger partial charge in [-0.15, -0.1) is 16.4 Å². The van der Waals surface area contributed by atoms with Gasteiger partial charge in [0, 0.05) is 16.0 Å². The molecule has 0 aliphatic carbocycles. The Labute approximate surface area is 194 Å². The van der Waals surface area contributed by atoms with E-state index in [-0.39, 0.29) is 22.5 Å². The lowest BCUT2D eigenvalue weighted by molar-refractivity contribution is -0.137. The number of benzodiazepines with no additional fused rings is 1. The minimum atomic E-state index is -4.58. The molecular weight excluding hydrogens is 469 g/mol. The largest absolute Gasteiger partial charge is 0.443 e. The van der Waals surface area contributed by atoms with E-state index in [0.717, 1.165) is 11.1 Å². The van der Waals surface area contributed by atoms with Gasteiger partial charge in [0.1, 0.15) is 5.69 Å². The Hall–Kier alpha value is -4.06. The van der Waals surface area contributed by atoms with E-state index >= 15 is 0 Å². The third kappa shape index (κ3) is 4.15. The molecule has 4 aromatic rings. The highest BCUT2D eigenvalue weighted by molar-refractivity contribution is 7.12. The number of thiazole rings is 1. The van der Waals surface area contributed by atoms with Crippen molar-refractivity contribution in [3.63, 3.8) is 0 Å². The smallest absolute Gasteiger partial charge is 0.402 e. The van der Waals surface area contributed by atoms with Gasteiger partial charge in [-0.1, -0.05) is 53.6 Å². The number of alkyl halides is 3. The quantitative estimate of drug-likeness (QED) is 0.433. The number of aliphatic imine (C=N–C) groups is 1. The number of aromatic nitrogens is 3. The summed E-state index contributed by atoms with van der Waals surface area (Å²) in [5, 5.41) is 12.2. The van der Waals surface area contributed by atoms with Crippen molar-refractivity contribution in [1.82, 2.24) is 15.2 Å². The Morgan fingerprint density at radius 2 is 1.79 bits per heavy atom. The lowest BCUT2D eigenvalue weighted by Gasteiger charge is -2.11. The molecular formula is C22H15F3N6O2S. The van der Waals surface area contributed by atoms with Gasteiger partial charge in [-0.25, -0.2) is 9.98 Å². The third-order valence-electron chi connectivity index (χ3n) is 4.92. The van der Waals surface area contributed by atoms with Gasteiger partial charge in [0.25, 0.3) is 11.8 Å². The lowest BCUT2D eigenvalue weighted by Crippen LogP contribution is -2.32. The predicted octanol–water partition coefficient (Wildman–Crippen LogP) is 4.75. The Morgan fingerprint density at radius 3 is 2.53 bits per heavy atom. The molecule has 1 amide bonds. The van der Waals surface area contributed by atoms with Gasteiger partial charge < -0.3 is 15.1 Å². The molecule has 0 bridgehead atoms. The number of amides is 1. The molecule has 12 heteroatoms. The second-order valence-electron chi connectivity index (χ2n) is 7.26. The SMILES string of the molecule is Cc1sc(C(F)(F)F)nc1-c1nnc(N[C@H]2N=C(c3ccccc3)c3ccccc3NC2=O)o1. The monoisotopic (exact) mass is 484 g/mol. The first-order valence-electron chi connectivity index (χ1n) is 9.98. The second kappa shape index (κ2) is 8.37. The van der Waals surface area contributed by atoms with Crippen LogP contribution in [0.4, 0.5) is 24.9 Å². The molecule has 5 rings (SSSR count). The number of hydrogen-bond donors (Lipinski definition) is 2. The highest BCUT2D eigenvalue weighted by Gasteiger charge is 2.36. The van der Waals surface area contributed by atoms with Gasteiger partial charge in [0.2, 0.25) is 6.17 Å². The number of fused-ring (bicyclic) bond motifs is 1. The van der Waals surface area contributed by atoms with E-state index in [0.29, 0.717) is 22.7 Å². The van der Waals surface area contributed by atoms with Crippen molar-refractivity contribution < 1.29 is 22.4 Å². The molecule has 0 saturated carbocycles. The summed E-state index contributed by atoms with van der Waals surface area (Å²) in [7, 11) is 0. The van der Waals surface area contributed by atoms with E-state index in [9.17, 15) is 18.0 Å². The Morgan fingerprint density at radius 1 is 1.06 bits per heavy atom. The molecule has 3 heterocycles. The van der Waals surface area contributed by atoms with Gasteiger partial charge >= 0.3 is 12.2 Å². The second-order valence-corrected chi connectivity index (χ2v) is 8.46. The summed E-state index contributed by atoms with van der Waals surface area (Å²) < 4.78 is 44.5. The van der Waals surface area contributed by atoms with Crippen LogP contribution in [0.5, 0.6) is 0 Å². The molecule has 2 N–H and O–H groups in total. The van der Waals surface area contributed by atoms with Crippen LogP contribution in [0.25, 0.3) is 11.6 Å². The molecule has 2 aromatic heterocycles. The van der Waals surface area contributed by atoms with Gasteiger partial charge in [0.15, 0.2) is 5.01 Å². The Kier molecular flexibility index (Phi) is 5.36. The van der Waals surface area contributed by atoms with Crippen molar-refractivity contribution in [3.8, 4) is 11.6 Å². The molecule has 0 saturated heterocycles. The number of para-hydroxylation sites is 1.